The van der Waals surface area contributed by atoms with E-state index in [-0.39, 0.29) is 5.57 Å². The lowest BCUT2D eigenvalue weighted by atomic mass is 10.0. The number of benzene rings is 4. The van der Waals surface area contributed by atoms with Crippen LogP contribution >= 0.6 is 0 Å². The summed E-state index contributed by atoms with van der Waals surface area (Å²) in [6.45, 7) is 13.8. The van der Waals surface area contributed by atoms with Crippen molar-refractivity contribution in [3.8, 4) is 52.1 Å². The van der Waals surface area contributed by atoms with Crippen molar-refractivity contribution < 1.29 is 28.6 Å². The van der Waals surface area contributed by atoms with Gasteiger partial charge in [-0.3, -0.25) is 0 Å². The smallest absolute Gasteiger partial charge is 0.338 e. The Morgan fingerprint density at radius 1 is 0.578 bits per heavy atom. The van der Waals surface area contributed by atoms with E-state index in [9.17, 15) is 14.4 Å². The van der Waals surface area contributed by atoms with Crippen molar-refractivity contribution in [3.63, 3.8) is 0 Å². The Morgan fingerprint density at radius 3 is 1.53 bits per heavy atom. The highest BCUT2D eigenvalue weighted by Crippen LogP contribution is 2.28. The quantitative estimate of drug-likeness (QED) is 0.0977. The molecule has 0 aromatic heterocycles. The average Bonchev–Trinajstić information content (AvgIpc) is 3.04. The number of carbonyl (C=O) groups excluding carboxylic acids is 3. The molecule has 0 saturated carbocycles. The Morgan fingerprint density at radius 2 is 1.02 bits per heavy atom. The van der Waals surface area contributed by atoms with Gasteiger partial charge in [-0.15, -0.1) is 0 Å². The maximum absolute atomic E-state index is 12.4. The van der Waals surface area contributed by atoms with E-state index in [4.69, 9.17) is 14.2 Å². The van der Waals surface area contributed by atoms with Crippen molar-refractivity contribution in [2.24, 2.45) is 0 Å². The number of carbonyl (C=O) groups is 3. The summed E-state index contributed by atoms with van der Waals surface area (Å²) >= 11 is 0. The Bertz CT molecular complexity index is 1920. The summed E-state index contributed by atoms with van der Waals surface area (Å²) in [5.74, 6) is 11.8. The van der Waals surface area contributed by atoms with E-state index in [1.807, 2.05) is 30.3 Å². The van der Waals surface area contributed by atoms with Crippen LogP contribution in [-0.4, -0.2) is 17.9 Å². The molecule has 4 aromatic rings. The lowest BCUT2D eigenvalue weighted by Gasteiger charge is -2.09. The standard InChI is InChI=1S/C39H28O6/c1-6-37(40)43-34-21-12-30(13-22-34)11-18-32-19-20-33(25-36(32)45-39(42)27(4)5)31-16-9-28(10-17-31)7-8-29-14-23-35(24-15-29)44-38(41)26(2)3/h6,9-10,12-17,19-25H,1-2,4H2,3,5H3. The predicted octanol–water partition coefficient (Wildman–Crippen LogP) is 7.21. The van der Waals surface area contributed by atoms with Gasteiger partial charge in [-0.05, 0) is 97.8 Å². The van der Waals surface area contributed by atoms with Crippen LogP contribution in [0.3, 0.4) is 0 Å². The largest absolute Gasteiger partial charge is 0.423 e. The van der Waals surface area contributed by atoms with Crippen LogP contribution in [-0.2, 0) is 14.4 Å². The molecule has 0 spiro atoms. The zero-order chi connectivity index (χ0) is 32.3. The SMILES string of the molecule is C=CC(=O)Oc1ccc(C#Cc2ccc(-c3ccc(C#Cc4ccc(OC(=O)C(=C)C)cc4)cc3)cc2OC(=O)C(=C)C)cc1. The summed E-state index contributed by atoms with van der Waals surface area (Å²) in [4.78, 5) is 35.5. The third-order valence-corrected chi connectivity index (χ3v) is 6.10. The van der Waals surface area contributed by atoms with Crippen LogP contribution in [0, 0.1) is 23.7 Å². The third-order valence-electron chi connectivity index (χ3n) is 6.10. The van der Waals surface area contributed by atoms with Crippen LogP contribution in [0.5, 0.6) is 17.2 Å². The highest BCUT2D eigenvalue weighted by Gasteiger charge is 2.11. The monoisotopic (exact) mass is 592 g/mol. The fraction of sp³-hybridized carbons (Fsp3) is 0.0513. The number of ether oxygens (including phenoxy) is 3. The zero-order valence-electron chi connectivity index (χ0n) is 24.8. The fourth-order valence-electron chi connectivity index (χ4n) is 3.67. The van der Waals surface area contributed by atoms with Crippen molar-refractivity contribution in [2.45, 2.75) is 13.8 Å². The first-order valence-electron chi connectivity index (χ1n) is 13.7. The molecule has 0 radical (unpaired) electrons. The maximum atomic E-state index is 12.4. The van der Waals surface area contributed by atoms with Gasteiger partial charge in [0.1, 0.15) is 17.2 Å². The normalized spacial score (nSPS) is 9.73. The molecule has 6 heteroatoms. The fourth-order valence-corrected chi connectivity index (χ4v) is 3.67. The number of rotatable bonds is 7. The van der Waals surface area contributed by atoms with Crippen LogP contribution < -0.4 is 14.2 Å². The second-order valence-corrected chi connectivity index (χ2v) is 9.80. The molecule has 45 heavy (non-hydrogen) atoms. The molecule has 0 atom stereocenters. The van der Waals surface area contributed by atoms with Crippen LogP contribution in [0.2, 0.25) is 0 Å². The molecule has 0 saturated heterocycles. The molecule has 0 N–H and O–H groups in total. The molecular formula is C39H28O6. The topological polar surface area (TPSA) is 78.9 Å². The van der Waals surface area contributed by atoms with E-state index in [0.717, 1.165) is 28.3 Å². The van der Waals surface area contributed by atoms with Gasteiger partial charge in [-0.2, -0.15) is 0 Å². The molecule has 0 unspecified atom stereocenters. The Hall–Kier alpha value is -6.37. The predicted molar refractivity (Wildman–Crippen MR) is 173 cm³/mol. The molecule has 0 fully saturated rings. The molecule has 0 aliphatic heterocycles. The second-order valence-electron chi connectivity index (χ2n) is 9.80. The van der Waals surface area contributed by atoms with E-state index in [2.05, 4.69) is 43.4 Å². The van der Waals surface area contributed by atoms with Gasteiger partial charge in [0, 0.05) is 33.9 Å². The van der Waals surface area contributed by atoms with Crippen LogP contribution in [0.1, 0.15) is 36.1 Å². The molecular weight excluding hydrogens is 564 g/mol. The van der Waals surface area contributed by atoms with Gasteiger partial charge in [0.05, 0.1) is 5.56 Å². The Balaban J connectivity index is 1.53. The van der Waals surface area contributed by atoms with Crippen LogP contribution in [0.25, 0.3) is 11.1 Å². The summed E-state index contributed by atoms with van der Waals surface area (Å²) in [5.41, 5.74) is 5.05. The first kappa shape index (κ1) is 31.6. The van der Waals surface area contributed by atoms with Gasteiger partial charge in [-0.1, -0.05) is 61.6 Å². The first-order chi connectivity index (χ1) is 21.6. The minimum atomic E-state index is -0.559. The molecule has 0 bridgehead atoms. The third kappa shape index (κ3) is 9.06. The average molecular weight is 593 g/mol. The van der Waals surface area contributed by atoms with E-state index in [0.29, 0.717) is 33.9 Å². The molecule has 0 heterocycles. The number of esters is 3. The Kier molecular flexibility index (Phi) is 10.3. The Labute approximate surface area is 262 Å². The summed E-state index contributed by atoms with van der Waals surface area (Å²) < 4.78 is 15.9. The molecule has 0 amide bonds. The van der Waals surface area contributed by atoms with E-state index in [1.165, 1.54) is 0 Å². The van der Waals surface area contributed by atoms with Crippen molar-refractivity contribution in [1.29, 1.82) is 0 Å². The van der Waals surface area contributed by atoms with Crippen molar-refractivity contribution in [3.05, 3.63) is 150 Å². The summed E-state index contributed by atoms with van der Waals surface area (Å²) in [6.07, 6.45) is 1.09. The molecule has 6 nitrogen and oxygen atoms in total. The lowest BCUT2D eigenvalue weighted by Crippen LogP contribution is -2.09. The van der Waals surface area contributed by atoms with Crippen molar-refractivity contribution in [1.82, 2.24) is 0 Å². The van der Waals surface area contributed by atoms with Gasteiger partial charge in [0.2, 0.25) is 0 Å². The summed E-state index contributed by atoms with van der Waals surface area (Å²) in [5, 5.41) is 0. The van der Waals surface area contributed by atoms with E-state index >= 15 is 0 Å². The maximum Gasteiger partial charge on any atom is 0.338 e. The van der Waals surface area contributed by atoms with E-state index < -0.39 is 17.9 Å². The number of hydrogen-bond acceptors (Lipinski definition) is 6. The summed E-state index contributed by atoms with van der Waals surface area (Å²) in [7, 11) is 0. The lowest BCUT2D eigenvalue weighted by molar-refractivity contribution is -0.130. The van der Waals surface area contributed by atoms with Crippen LogP contribution in [0.4, 0.5) is 0 Å². The van der Waals surface area contributed by atoms with Crippen LogP contribution in [0.15, 0.2) is 128 Å². The highest BCUT2D eigenvalue weighted by molar-refractivity contribution is 5.90. The molecule has 4 rings (SSSR count). The minimum absolute atomic E-state index is 0.259. The van der Waals surface area contributed by atoms with E-state index in [1.54, 1.807) is 74.5 Å². The summed E-state index contributed by atoms with van der Waals surface area (Å²) in [6, 6.07) is 26.7. The molecule has 4 aromatic carbocycles. The molecule has 220 valence electrons. The minimum Gasteiger partial charge on any atom is -0.423 e. The number of hydrogen-bond donors (Lipinski definition) is 0. The van der Waals surface area contributed by atoms with Gasteiger partial charge < -0.3 is 14.2 Å². The van der Waals surface area contributed by atoms with Gasteiger partial charge in [0.25, 0.3) is 0 Å². The first-order valence-corrected chi connectivity index (χ1v) is 13.7. The van der Waals surface area contributed by atoms with Gasteiger partial charge >= 0.3 is 17.9 Å². The van der Waals surface area contributed by atoms with Gasteiger partial charge in [-0.25, -0.2) is 14.4 Å². The van der Waals surface area contributed by atoms with Gasteiger partial charge in [0.15, 0.2) is 0 Å². The zero-order valence-corrected chi connectivity index (χ0v) is 24.8. The highest BCUT2D eigenvalue weighted by atomic mass is 16.5. The van der Waals surface area contributed by atoms with Crippen molar-refractivity contribution >= 4 is 17.9 Å². The molecule has 0 aliphatic carbocycles. The molecule has 0 aliphatic rings. The van der Waals surface area contributed by atoms with Crippen molar-refractivity contribution in [2.75, 3.05) is 0 Å². The second kappa shape index (κ2) is 14.7.